The van der Waals surface area contributed by atoms with Crippen molar-refractivity contribution in [2.45, 2.75) is 26.2 Å². The van der Waals surface area contributed by atoms with Gasteiger partial charge in [0.2, 0.25) is 5.91 Å². The number of rotatable bonds is 7. The zero-order chi connectivity index (χ0) is 15.1. The third kappa shape index (κ3) is 5.38. The highest BCUT2D eigenvalue weighted by Gasteiger charge is 2.17. The quantitative estimate of drug-likeness (QED) is 0.837. The van der Waals surface area contributed by atoms with Crippen molar-refractivity contribution < 1.29 is 9.53 Å². The fourth-order valence-electron chi connectivity index (χ4n) is 2.54. The molecule has 1 aliphatic heterocycles. The van der Waals surface area contributed by atoms with Gasteiger partial charge in [-0.3, -0.25) is 4.79 Å². The molecule has 1 aromatic carbocycles. The Balaban J connectivity index is 1.62. The maximum absolute atomic E-state index is 12.0. The fourth-order valence-corrected chi connectivity index (χ4v) is 2.54. The third-order valence-electron chi connectivity index (χ3n) is 4.07. The van der Waals surface area contributed by atoms with Gasteiger partial charge in [0.25, 0.3) is 0 Å². The number of nitrogens with zero attached hydrogens (tertiary/aromatic N) is 1. The van der Waals surface area contributed by atoms with E-state index in [0.29, 0.717) is 25.5 Å². The minimum absolute atomic E-state index is 0.217. The van der Waals surface area contributed by atoms with E-state index in [-0.39, 0.29) is 5.91 Å². The SMILES string of the molecule is Cc1ccc(OCCN(C)C(=O)CCC2CCNC2)cc1. The second-order valence-corrected chi connectivity index (χ2v) is 5.87. The predicted octanol–water partition coefficient (Wildman–Crippen LogP) is 2.22. The van der Waals surface area contributed by atoms with E-state index in [1.807, 2.05) is 31.3 Å². The van der Waals surface area contributed by atoms with E-state index in [2.05, 4.69) is 12.2 Å². The molecule has 21 heavy (non-hydrogen) atoms. The molecule has 1 aromatic rings. The summed E-state index contributed by atoms with van der Waals surface area (Å²) in [6, 6.07) is 7.98. The lowest BCUT2D eigenvalue weighted by atomic mass is 10.0. The molecule has 4 heteroatoms. The molecule has 1 saturated heterocycles. The zero-order valence-electron chi connectivity index (χ0n) is 13.1. The molecular formula is C17H26N2O2. The van der Waals surface area contributed by atoms with Crippen molar-refractivity contribution in [3.63, 3.8) is 0 Å². The largest absolute Gasteiger partial charge is 0.492 e. The highest BCUT2D eigenvalue weighted by molar-refractivity contribution is 5.75. The number of likely N-dealkylation sites (N-methyl/N-ethyl adjacent to an activating group) is 1. The van der Waals surface area contributed by atoms with Crippen LogP contribution in [0.4, 0.5) is 0 Å². The Morgan fingerprint density at radius 3 is 2.81 bits per heavy atom. The average molecular weight is 290 g/mol. The van der Waals surface area contributed by atoms with Crippen LogP contribution in [0, 0.1) is 12.8 Å². The monoisotopic (exact) mass is 290 g/mol. The first-order chi connectivity index (χ1) is 10.1. The van der Waals surface area contributed by atoms with Gasteiger partial charge in [-0.25, -0.2) is 0 Å². The number of nitrogens with one attached hydrogen (secondary N) is 1. The van der Waals surface area contributed by atoms with E-state index in [9.17, 15) is 4.79 Å². The number of ether oxygens (including phenoxy) is 1. The molecule has 2 rings (SSSR count). The molecule has 1 fully saturated rings. The van der Waals surface area contributed by atoms with Crippen LogP contribution in [-0.2, 0) is 4.79 Å². The number of carbonyl (C=O) groups excluding carboxylic acids is 1. The molecule has 1 atom stereocenters. The number of hydrogen-bond acceptors (Lipinski definition) is 3. The summed E-state index contributed by atoms with van der Waals surface area (Å²) < 4.78 is 5.66. The lowest BCUT2D eigenvalue weighted by Crippen LogP contribution is -2.31. The summed E-state index contributed by atoms with van der Waals surface area (Å²) in [7, 11) is 1.85. The van der Waals surface area contributed by atoms with Gasteiger partial charge in [-0.2, -0.15) is 0 Å². The Bertz CT molecular complexity index is 439. The van der Waals surface area contributed by atoms with Crippen molar-refractivity contribution >= 4 is 5.91 Å². The highest BCUT2D eigenvalue weighted by atomic mass is 16.5. The molecule has 0 bridgehead atoms. The smallest absolute Gasteiger partial charge is 0.222 e. The van der Waals surface area contributed by atoms with Crippen LogP contribution in [0.2, 0.25) is 0 Å². The Morgan fingerprint density at radius 1 is 1.38 bits per heavy atom. The zero-order valence-corrected chi connectivity index (χ0v) is 13.1. The summed E-state index contributed by atoms with van der Waals surface area (Å²) in [5.41, 5.74) is 1.22. The van der Waals surface area contributed by atoms with Crippen LogP contribution in [0.25, 0.3) is 0 Å². The van der Waals surface area contributed by atoms with Gasteiger partial charge in [0, 0.05) is 13.5 Å². The molecule has 1 N–H and O–H groups in total. The van der Waals surface area contributed by atoms with Crippen LogP contribution in [0.5, 0.6) is 5.75 Å². The van der Waals surface area contributed by atoms with Gasteiger partial charge in [-0.15, -0.1) is 0 Å². The second kappa shape index (κ2) is 8.03. The molecule has 0 spiro atoms. The Morgan fingerprint density at radius 2 is 2.14 bits per heavy atom. The van der Waals surface area contributed by atoms with Crippen molar-refractivity contribution in [3.8, 4) is 5.75 Å². The lowest BCUT2D eigenvalue weighted by Gasteiger charge is -2.18. The van der Waals surface area contributed by atoms with E-state index < -0.39 is 0 Å². The summed E-state index contributed by atoms with van der Waals surface area (Å²) in [5, 5.41) is 3.34. The van der Waals surface area contributed by atoms with Crippen molar-refractivity contribution in [2.24, 2.45) is 5.92 Å². The normalized spacial score (nSPS) is 17.7. The highest BCUT2D eigenvalue weighted by Crippen LogP contribution is 2.15. The summed E-state index contributed by atoms with van der Waals surface area (Å²) in [6.07, 6.45) is 2.84. The molecule has 0 aromatic heterocycles. The van der Waals surface area contributed by atoms with Crippen LogP contribution >= 0.6 is 0 Å². The number of carbonyl (C=O) groups is 1. The van der Waals surface area contributed by atoms with Gasteiger partial charge in [0.05, 0.1) is 6.54 Å². The van der Waals surface area contributed by atoms with Crippen LogP contribution in [-0.4, -0.2) is 44.1 Å². The first kappa shape index (κ1) is 15.8. The van der Waals surface area contributed by atoms with Crippen molar-refractivity contribution in [2.75, 3.05) is 33.3 Å². The van der Waals surface area contributed by atoms with E-state index in [0.717, 1.165) is 25.3 Å². The Kier molecular flexibility index (Phi) is 6.05. The van der Waals surface area contributed by atoms with Gasteiger partial charge in [0.15, 0.2) is 0 Å². The number of aryl methyl sites for hydroxylation is 1. The van der Waals surface area contributed by atoms with Crippen molar-refractivity contribution in [1.82, 2.24) is 10.2 Å². The first-order valence-electron chi connectivity index (χ1n) is 7.79. The standard InChI is InChI=1S/C17H26N2O2/c1-14-3-6-16(7-4-14)21-12-11-19(2)17(20)8-5-15-9-10-18-13-15/h3-4,6-7,15,18H,5,8-13H2,1-2H3. The molecular weight excluding hydrogens is 264 g/mol. The Hall–Kier alpha value is -1.55. The second-order valence-electron chi connectivity index (χ2n) is 5.87. The van der Waals surface area contributed by atoms with Crippen LogP contribution in [0.15, 0.2) is 24.3 Å². The van der Waals surface area contributed by atoms with E-state index in [4.69, 9.17) is 4.74 Å². The summed E-state index contributed by atoms with van der Waals surface area (Å²) in [6.45, 7) is 5.38. The molecule has 0 radical (unpaired) electrons. The summed E-state index contributed by atoms with van der Waals surface area (Å²) >= 11 is 0. The maximum atomic E-state index is 12.0. The lowest BCUT2D eigenvalue weighted by molar-refractivity contribution is -0.130. The van der Waals surface area contributed by atoms with Crippen molar-refractivity contribution in [3.05, 3.63) is 29.8 Å². The topological polar surface area (TPSA) is 41.6 Å². The van der Waals surface area contributed by atoms with Crippen molar-refractivity contribution in [1.29, 1.82) is 0 Å². The molecule has 1 unspecified atom stereocenters. The molecule has 4 nitrogen and oxygen atoms in total. The van der Waals surface area contributed by atoms with Crippen LogP contribution < -0.4 is 10.1 Å². The van der Waals surface area contributed by atoms with Gasteiger partial charge in [0.1, 0.15) is 12.4 Å². The summed E-state index contributed by atoms with van der Waals surface area (Å²) in [4.78, 5) is 13.8. The molecule has 0 aliphatic carbocycles. The summed E-state index contributed by atoms with van der Waals surface area (Å²) in [5.74, 6) is 1.75. The van der Waals surface area contributed by atoms with Gasteiger partial charge < -0.3 is 15.0 Å². The molecule has 1 amide bonds. The minimum Gasteiger partial charge on any atom is -0.492 e. The van der Waals surface area contributed by atoms with E-state index >= 15 is 0 Å². The van der Waals surface area contributed by atoms with Gasteiger partial charge in [-0.05, 0) is 50.9 Å². The fraction of sp³-hybridized carbons (Fsp3) is 0.588. The minimum atomic E-state index is 0.217. The molecule has 116 valence electrons. The van der Waals surface area contributed by atoms with Gasteiger partial charge >= 0.3 is 0 Å². The third-order valence-corrected chi connectivity index (χ3v) is 4.07. The van der Waals surface area contributed by atoms with Crippen LogP contribution in [0.1, 0.15) is 24.8 Å². The van der Waals surface area contributed by atoms with E-state index in [1.165, 1.54) is 12.0 Å². The average Bonchev–Trinajstić information content (AvgIpc) is 3.00. The number of amides is 1. The van der Waals surface area contributed by atoms with Gasteiger partial charge in [-0.1, -0.05) is 17.7 Å². The molecule has 1 heterocycles. The molecule has 1 aliphatic rings. The number of hydrogen-bond donors (Lipinski definition) is 1. The number of benzene rings is 1. The first-order valence-corrected chi connectivity index (χ1v) is 7.79. The van der Waals surface area contributed by atoms with E-state index in [1.54, 1.807) is 4.90 Å². The Labute approximate surface area is 127 Å². The maximum Gasteiger partial charge on any atom is 0.222 e. The molecule has 0 saturated carbocycles. The predicted molar refractivity (Wildman–Crippen MR) is 84.5 cm³/mol. The van der Waals surface area contributed by atoms with Crippen LogP contribution in [0.3, 0.4) is 0 Å².